The number of hydrogen-bond acceptors (Lipinski definition) is 11. The molecule has 0 spiro atoms. The summed E-state index contributed by atoms with van der Waals surface area (Å²) in [5, 5.41) is 58.6. The Morgan fingerprint density at radius 1 is 0.757 bits per heavy atom. The molecule has 0 unspecified atom stereocenters. The maximum atomic E-state index is 12.2. The minimum atomic E-state index is -0.569. The number of rotatable bonds is 13. The lowest BCUT2D eigenvalue weighted by molar-refractivity contribution is -0.115. The van der Waals surface area contributed by atoms with E-state index in [1.165, 1.54) is 39.8 Å². The molecule has 0 heterocycles. The van der Waals surface area contributed by atoms with Gasteiger partial charge in [0.25, 0.3) is 11.8 Å². The third-order valence-corrected chi connectivity index (χ3v) is 8.30. The molecule has 0 aliphatic heterocycles. The molecule has 0 fully saturated rings. The summed E-state index contributed by atoms with van der Waals surface area (Å²) in [6, 6.07) is 7.49. The molecule has 0 aromatic heterocycles. The summed E-state index contributed by atoms with van der Waals surface area (Å²) in [5.74, 6) is -0.582. The molecular weight excluding hydrogens is 656 g/mol. The normalized spacial score (nSPS) is 11.8. The number of amides is 2. The van der Waals surface area contributed by atoms with E-state index in [-0.39, 0.29) is 46.0 Å². The van der Waals surface area contributed by atoms with Crippen LogP contribution in [0.1, 0.15) is 11.1 Å². The van der Waals surface area contributed by atoms with Crippen LogP contribution in [0, 0.1) is 0 Å². The van der Waals surface area contributed by atoms with Gasteiger partial charge in [-0.1, -0.05) is 38.0 Å². The number of hydrogen-bond donors (Lipinski definition) is 7. The summed E-state index contributed by atoms with van der Waals surface area (Å²) >= 11 is 6.29. The summed E-state index contributed by atoms with van der Waals surface area (Å²) in [6.07, 6.45) is 0.0344. The van der Waals surface area contributed by atoms with Gasteiger partial charge < -0.3 is 36.4 Å². The number of halogens is 2. The lowest BCUT2D eigenvalue weighted by Crippen LogP contribution is -2.34. The summed E-state index contributed by atoms with van der Waals surface area (Å²) in [4.78, 5) is 24.5. The van der Waals surface area contributed by atoms with E-state index in [0.29, 0.717) is 40.2 Å². The van der Waals surface area contributed by atoms with Crippen LogP contribution in [-0.2, 0) is 22.4 Å². The molecule has 2 rings (SSSR count). The smallest absolute Gasteiger partial charge is 0.269 e. The molecule has 0 bridgehead atoms. The molecule has 2 aromatic carbocycles. The summed E-state index contributed by atoms with van der Waals surface area (Å²) in [6.45, 7) is 0.632. The first kappa shape index (κ1) is 30.6. The molecule has 2 amide bonds. The number of nitrogens with zero attached hydrogens (tertiary/aromatic N) is 2. The van der Waals surface area contributed by atoms with Crippen molar-refractivity contribution in [2.75, 3.05) is 24.6 Å². The molecule has 0 aliphatic rings. The van der Waals surface area contributed by atoms with Gasteiger partial charge in [0, 0.05) is 37.4 Å². The van der Waals surface area contributed by atoms with Crippen LogP contribution < -0.4 is 10.6 Å². The van der Waals surface area contributed by atoms with Crippen molar-refractivity contribution < 1.29 is 35.3 Å². The highest BCUT2D eigenvalue weighted by atomic mass is 79.9. The molecule has 15 heteroatoms. The van der Waals surface area contributed by atoms with Gasteiger partial charge in [0.2, 0.25) is 0 Å². The fourth-order valence-electron chi connectivity index (χ4n) is 2.84. The van der Waals surface area contributed by atoms with Gasteiger partial charge in [-0.15, -0.1) is 0 Å². The van der Waals surface area contributed by atoms with Crippen molar-refractivity contribution in [2.24, 2.45) is 10.3 Å². The van der Waals surface area contributed by atoms with E-state index in [4.69, 9.17) is 0 Å². The minimum Gasteiger partial charge on any atom is -0.507 e. The number of carbonyl (C=O) groups is 2. The average Bonchev–Trinajstić information content (AvgIpc) is 2.87. The number of nitrogens with one attached hydrogen (secondary N) is 2. The van der Waals surface area contributed by atoms with E-state index in [9.17, 15) is 35.3 Å². The van der Waals surface area contributed by atoms with Gasteiger partial charge in [0.1, 0.15) is 17.2 Å². The largest absolute Gasteiger partial charge is 0.507 e. The maximum Gasteiger partial charge on any atom is 0.269 e. The fourth-order valence-corrected chi connectivity index (χ4v) is 5.58. The Morgan fingerprint density at radius 3 is 1.76 bits per heavy atom. The zero-order valence-electron chi connectivity index (χ0n) is 19.1. The average molecular weight is 680 g/mol. The van der Waals surface area contributed by atoms with E-state index in [1.807, 2.05) is 0 Å². The van der Waals surface area contributed by atoms with Crippen LogP contribution in [0.25, 0.3) is 0 Å². The predicted molar refractivity (Wildman–Crippen MR) is 150 cm³/mol. The highest BCUT2D eigenvalue weighted by Gasteiger charge is 2.16. The second kappa shape index (κ2) is 15.6. The quantitative estimate of drug-likeness (QED) is 0.0416. The van der Waals surface area contributed by atoms with E-state index in [2.05, 4.69) is 52.8 Å². The Balaban J connectivity index is 1.64. The van der Waals surface area contributed by atoms with Crippen LogP contribution in [-0.4, -0.2) is 73.6 Å². The summed E-state index contributed by atoms with van der Waals surface area (Å²) < 4.78 is 0.716. The molecule has 0 aliphatic carbocycles. The molecule has 0 atom stereocenters. The second-order valence-electron chi connectivity index (χ2n) is 7.33. The second-order valence-corrected chi connectivity index (χ2v) is 11.7. The maximum absolute atomic E-state index is 12.2. The first-order valence-electron chi connectivity index (χ1n) is 10.6. The summed E-state index contributed by atoms with van der Waals surface area (Å²) in [5.41, 5.74) is 0.929. The first-order chi connectivity index (χ1) is 17.7. The molecular formula is C22H24Br2N4O7S2. The topological polar surface area (TPSA) is 184 Å². The zero-order chi connectivity index (χ0) is 27.4. The number of phenols is 3. The Kier molecular flexibility index (Phi) is 12.9. The zero-order valence-corrected chi connectivity index (χ0v) is 24.0. The molecule has 2 aromatic rings. The van der Waals surface area contributed by atoms with Gasteiger partial charge in [-0.25, -0.2) is 0 Å². The van der Waals surface area contributed by atoms with Crippen molar-refractivity contribution >= 4 is 76.7 Å². The van der Waals surface area contributed by atoms with Gasteiger partial charge in [0.15, 0.2) is 11.5 Å². The number of oxime groups is 2. The van der Waals surface area contributed by atoms with Gasteiger partial charge in [-0.05, 0) is 67.3 Å². The highest BCUT2D eigenvalue weighted by Crippen LogP contribution is 2.34. The number of benzene rings is 2. The monoisotopic (exact) mass is 678 g/mol. The molecule has 200 valence electrons. The van der Waals surface area contributed by atoms with Gasteiger partial charge in [-0.2, -0.15) is 0 Å². The van der Waals surface area contributed by atoms with Crippen molar-refractivity contribution in [3.05, 3.63) is 50.4 Å². The lowest BCUT2D eigenvalue weighted by atomic mass is 10.1. The van der Waals surface area contributed by atoms with Crippen LogP contribution in [0.15, 0.2) is 49.6 Å². The van der Waals surface area contributed by atoms with Gasteiger partial charge >= 0.3 is 0 Å². The predicted octanol–water partition coefficient (Wildman–Crippen LogP) is 3.39. The molecule has 37 heavy (non-hydrogen) atoms. The molecule has 0 saturated carbocycles. The van der Waals surface area contributed by atoms with Crippen LogP contribution in [0.2, 0.25) is 0 Å². The Labute approximate surface area is 237 Å². The van der Waals surface area contributed by atoms with E-state index < -0.39 is 11.8 Å². The van der Waals surface area contributed by atoms with Crippen molar-refractivity contribution in [1.29, 1.82) is 0 Å². The third kappa shape index (κ3) is 9.98. The molecule has 7 N–H and O–H groups in total. The van der Waals surface area contributed by atoms with Crippen LogP contribution in [0.4, 0.5) is 0 Å². The number of aromatic hydroxyl groups is 3. The number of phenolic OH excluding ortho intramolecular Hbond substituents is 3. The Hall–Kier alpha value is -2.62. The van der Waals surface area contributed by atoms with E-state index in [0.717, 1.165) is 0 Å². The molecule has 11 nitrogen and oxygen atoms in total. The lowest BCUT2D eigenvalue weighted by Gasteiger charge is -2.09. The van der Waals surface area contributed by atoms with E-state index in [1.54, 1.807) is 12.1 Å². The summed E-state index contributed by atoms with van der Waals surface area (Å²) in [7, 11) is 2.94. The highest BCUT2D eigenvalue weighted by molar-refractivity contribution is 9.11. The number of carbonyl (C=O) groups excluding carboxylic acids is 2. The van der Waals surface area contributed by atoms with E-state index >= 15 is 0 Å². The molecule has 0 saturated heterocycles. The fraction of sp³-hybridized carbons (Fsp3) is 0.273. The Morgan fingerprint density at radius 2 is 1.27 bits per heavy atom. The van der Waals surface area contributed by atoms with Crippen LogP contribution >= 0.6 is 53.4 Å². The van der Waals surface area contributed by atoms with Gasteiger partial charge in [-0.3, -0.25) is 9.59 Å². The SMILES string of the molecule is O=C(NCCSSCCNC(=O)C(Cc1cc(O)c(O)c(Br)c1)=NO)C(Cc1ccc(O)c(Br)c1)=NO. The minimum absolute atomic E-state index is 0.0560. The van der Waals surface area contributed by atoms with Gasteiger partial charge in [0.05, 0.1) is 8.95 Å². The van der Waals surface area contributed by atoms with Crippen LogP contribution in [0.5, 0.6) is 17.2 Å². The third-order valence-electron chi connectivity index (χ3n) is 4.65. The van der Waals surface area contributed by atoms with Crippen molar-refractivity contribution in [2.45, 2.75) is 12.8 Å². The molecule has 0 radical (unpaired) electrons. The standard InChI is InChI=1S/C22H24Br2N4O7S2/c23-14-7-12(1-2-18(14)29)9-16(27-34)21(32)25-3-5-36-37-6-4-26-22(33)17(28-35)10-13-8-15(24)20(31)19(30)11-13/h1-2,7-8,11,29-31,34-35H,3-6,9-10H2,(H,25,32)(H,26,33). The first-order valence-corrected chi connectivity index (χ1v) is 14.6. The van der Waals surface area contributed by atoms with Crippen molar-refractivity contribution in [3.8, 4) is 17.2 Å². The van der Waals surface area contributed by atoms with Crippen LogP contribution in [0.3, 0.4) is 0 Å². The Bertz CT molecular complexity index is 1160. The van der Waals surface area contributed by atoms with Crippen molar-refractivity contribution in [3.63, 3.8) is 0 Å². The van der Waals surface area contributed by atoms with Crippen molar-refractivity contribution in [1.82, 2.24) is 10.6 Å².